The van der Waals surface area contributed by atoms with Crippen molar-refractivity contribution in [2.75, 3.05) is 11.9 Å². The second-order valence-corrected chi connectivity index (χ2v) is 6.59. The van der Waals surface area contributed by atoms with Gasteiger partial charge in [0.15, 0.2) is 0 Å². The van der Waals surface area contributed by atoms with E-state index in [9.17, 15) is 0 Å². The van der Waals surface area contributed by atoms with E-state index in [0.717, 1.165) is 31.0 Å². The molecule has 2 aliphatic carbocycles. The van der Waals surface area contributed by atoms with Crippen LogP contribution in [0.2, 0.25) is 0 Å². The quantitative estimate of drug-likeness (QED) is 0.879. The Morgan fingerprint density at radius 2 is 2.00 bits per heavy atom. The lowest BCUT2D eigenvalue weighted by Crippen LogP contribution is -2.18. The first-order valence-electron chi connectivity index (χ1n) is 8.41. The summed E-state index contributed by atoms with van der Waals surface area (Å²) < 4.78 is 5.83. The molecule has 1 N–H and O–H groups in total. The van der Waals surface area contributed by atoms with Crippen molar-refractivity contribution in [1.82, 2.24) is 20.4 Å². The van der Waals surface area contributed by atoms with Crippen LogP contribution in [0.3, 0.4) is 0 Å². The number of nitrogens with one attached hydrogen (secondary N) is 1. The number of H-pyrrole nitrogens is 1. The Bertz CT molecular complexity index is 643. The zero-order valence-electron chi connectivity index (χ0n) is 13.1. The van der Waals surface area contributed by atoms with Crippen molar-refractivity contribution in [3.8, 4) is 0 Å². The summed E-state index contributed by atoms with van der Waals surface area (Å²) in [5.74, 6) is 1.28. The largest absolute Gasteiger partial charge is 0.408 e. The van der Waals surface area contributed by atoms with Crippen molar-refractivity contribution in [2.45, 2.75) is 63.8 Å². The van der Waals surface area contributed by atoms with E-state index in [1.165, 1.54) is 49.8 Å². The van der Waals surface area contributed by atoms with Gasteiger partial charge < -0.3 is 9.32 Å². The summed E-state index contributed by atoms with van der Waals surface area (Å²) in [6.07, 6.45) is 9.72. The molecule has 2 aliphatic rings. The van der Waals surface area contributed by atoms with Crippen LogP contribution in [-0.2, 0) is 19.4 Å². The lowest BCUT2D eigenvalue weighted by Gasteiger charge is -2.21. The second kappa shape index (κ2) is 5.74. The number of hydrogen-bond acceptors (Lipinski definition) is 5. The molecule has 0 aliphatic heterocycles. The first-order valence-corrected chi connectivity index (χ1v) is 8.41. The van der Waals surface area contributed by atoms with E-state index in [-0.39, 0.29) is 0 Å². The Morgan fingerprint density at radius 1 is 1.14 bits per heavy atom. The lowest BCUT2D eigenvalue weighted by molar-refractivity contribution is 0.335. The highest BCUT2D eigenvalue weighted by Gasteiger charge is 2.26. The van der Waals surface area contributed by atoms with E-state index < -0.39 is 0 Å². The van der Waals surface area contributed by atoms with Gasteiger partial charge in [-0.15, -0.1) is 5.10 Å². The number of anilines is 1. The molecule has 0 radical (unpaired) electrons. The van der Waals surface area contributed by atoms with Gasteiger partial charge in [0.05, 0.1) is 12.2 Å². The minimum Gasteiger partial charge on any atom is -0.408 e. The Kier molecular flexibility index (Phi) is 3.60. The van der Waals surface area contributed by atoms with Crippen molar-refractivity contribution in [3.05, 3.63) is 22.8 Å². The number of aromatic amines is 1. The smallest absolute Gasteiger partial charge is 0.318 e. The average Bonchev–Trinajstić information content (AvgIpc) is 2.99. The fourth-order valence-electron chi connectivity index (χ4n) is 3.35. The van der Waals surface area contributed by atoms with E-state index in [1.807, 2.05) is 11.9 Å². The van der Waals surface area contributed by atoms with E-state index in [0.29, 0.717) is 11.9 Å². The highest BCUT2D eigenvalue weighted by molar-refractivity contribution is 5.32. The molecule has 1 saturated carbocycles. The number of nitrogens with zero attached hydrogens (tertiary/aromatic N) is 4. The van der Waals surface area contributed by atoms with Crippen LogP contribution in [0.15, 0.2) is 4.42 Å². The van der Waals surface area contributed by atoms with Crippen molar-refractivity contribution in [3.63, 3.8) is 0 Å². The molecule has 2 aromatic rings. The summed E-state index contributed by atoms with van der Waals surface area (Å²) in [6, 6.07) is 0.604. The zero-order chi connectivity index (χ0) is 14.9. The molecule has 0 unspecified atom stereocenters. The zero-order valence-corrected chi connectivity index (χ0v) is 13.1. The predicted octanol–water partition coefficient (Wildman–Crippen LogP) is 2.97. The topological polar surface area (TPSA) is 70.8 Å². The maximum atomic E-state index is 5.83. The number of rotatable bonds is 4. The Labute approximate surface area is 130 Å². The van der Waals surface area contributed by atoms with E-state index in [2.05, 4.69) is 20.4 Å². The molecule has 0 aromatic carbocycles. The van der Waals surface area contributed by atoms with Crippen LogP contribution in [0.25, 0.3) is 0 Å². The Balaban J connectivity index is 1.48. The lowest BCUT2D eigenvalue weighted by atomic mass is 9.85. The predicted molar refractivity (Wildman–Crippen MR) is 82.8 cm³/mol. The van der Waals surface area contributed by atoms with Crippen LogP contribution in [0.4, 0.5) is 6.01 Å². The number of hydrogen-bond donors (Lipinski definition) is 1. The summed E-state index contributed by atoms with van der Waals surface area (Å²) in [5.41, 5.74) is 3.85. The molecule has 0 amide bonds. The van der Waals surface area contributed by atoms with Gasteiger partial charge in [-0.25, -0.2) is 0 Å². The van der Waals surface area contributed by atoms with Crippen LogP contribution in [0, 0.1) is 0 Å². The molecule has 0 saturated heterocycles. The third-order valence-electron chi connectivity index (χ3n) is 4.99. The first-order chi connectivity index (χ1) is 10.8. The summed E-state index contributed by atoms with van der Waals surface area (Å²) in [5, 5.41) is 16.1. The summed E-state index contributed by atoms with van der Waals surface area (Å²) in [4.78, 5) is 2.01. The average molecular weight is 301 g/mol. The van der Waals surface area contributed by atoms with Gasteiger partial charge in [-0.3, -0.25) is 5.10 Å². The van der Waals surface area contributed by atoms with Crippen molar-refractivity contribution >= 4 is 6.01 Å². The molecule has 118 valence electrons. The van der Waals surface area contributed by atoms with Crippen molar-refractivity contribution in [2.24, 2.45) is 0 Å². The van der Waals surface area contributed by atoms with Crippen LogP contribution in [0.1, 0.15) is 67.3 Å². The van der Waals surface area contributed by atoms with E-state index >= 15 is 0 Å². The molecule has 1 fully saturated rings. The van der Waals surface area contributed by atoms with E-state index in [1.54, 1.807) is 0 Å². The number of aromatic nitrogens is 4. The van der Waals surface area contributed by atoms with Crippen LogP contribution < -0.4 is 4.90 Å². The molecular formula is C16H23N5O. The normalized spacial score (nSPS) is 18.6. The highest BCUT2D eigenvalue weighted by atomic mass is 16.4. The molecule has 0 spiro atoms. The van der Waals surface area contributed by atoms with Gasteiger partial charge in [-0.1, -0.05) is 17.9 Å². The van der Waals surface area contributed by atoms with Crippen molar-refractivity contribution < 1.29 is 4.42 Å². The van der Waals surface area contributed by atoms with Crippen LogP contribution in [0.5, 0.6) is 0 Å². The first kappa shape index (κ1) is 13.8. The molecule has 6 nitrogen and oxygen atoms in total. The Hall–Kier alpha value is -1.85. The summed E-state index contributed by atoms with van der Waals surface area (Å²) in [6.45, 7) is 0.720. The van der Waals surface area contributed by atoms with Gasteiger partial charge in [0.1, 0.15) is 0 Å². The third-order valence-corrected chi connectivity index (χ3v) is 4.99. The second-order valence-electron chi connectivity index (χ2n) is 6.59. The standard InChI is InChI=1S/C16H23N5O/c1-21(16-20-19-15(22-16)11-6-5-7-11)10-14-12-8-3-2-4-9-13(12)17-18-14/h11H,2-10H2,1H3,(H,17,18). The highest BCUT2D eigenvalue weighted by Crippen LogP contribution is 2.36. The molecule has 0 bridgehead atoms. The molecule has 2 heterocycles. The van der Waals surface area contributed by atoms with Crippen LogP contribution >= 0.6 is 0 Å². The molecule has 2 aromatic heterocycles. The number of aryl methyl sites for hydroxylation is 1. The van der Waals surface area contributed by atoms with Gasteiger partial charge in [-0.2, -0.15) is 5.10 Å². The summed E-state index contributed by atoms with van der Waals surface area (Å²) >= 11 is 0. The van der Waals surface area contributed by atoms with Gasteiger partial charge in [-0.05, 0) is 44.1 Å². The number of fused-ring (bicyclic) bond motifs is 1. The maximum Gasteiger partial charge on any atom is 0.318 e. The molecule has 0 atom stereocenters. The fraction of sp³-hybridized carbons (Fsp3) is 0.688. The van der Waals surface area contributed by atoms with Gasteiger partial charge >= 0.3 is 6.01 Å². The Morgan fingerprint density at radius 3 is 2.82 bits per heavy atom. The van der Waals surface area contributed by atoms with Crippen molar-refractivity contribution in [1.29, 1.82) is 0 Å². The van der Waals surface area contributed by atoms with Gasteiger partial charge in [0.2, 0.25) is 5.89 Å². The van der Waals surface area contributed by atoms with Gasteiger partial charge in [0, 0.05) is 18.7 Å². The molecule has 22 heavy (non-hydrogen) atoms. The van der Waals surface area contributed by atoms with Crippen LogP contribution in [-0.4, -0.2) is 27.4 Å². The third kappa shape index (κ3) is 2.51. The monoisotopic (exact) mass is 301 g/mol. The minimum atomic E-state index is 0.483. The molecular weight excluding hydrogens is 278 g/mol. The minimum absolute atomic E-state index is 0.483. The maximum absolute atomic E-state index is 5.83. The SMILES string of the molecule is CN(Cc1n[nH]c2c1CCCCC2)c1nnc(C2CCC2)o1. The fourth-order valence-corrected chi connectivity index (χ4v) is 3.35. The van der Waals surface area contributed by atoms with Gasteiger partial charge in [0.25, 0.3) is 0 Å². The molecule has 6 heteroatoms. The molecule has 4 rings (SSSR count). The van der Waals surface area contributed by atoms with E-state index in [4.69, 9.17) is 4.42 Å². The summed E-state index contributed by atoms with van der Waals surface area (Å²) in [7, 11) is 2.00.